The average molecular weight is 426 g/mol. The molecule has 2 rings (SSSR count). The first-order chi connectivity index (χ1) is 12.0. The fourth-order valence-corrected chi connectivity index (χ4v) is 2.81. The van der Waals surface area contributed by atoms with Gasteiger partial charge in [0.05, 0.1) is 11.5 Å². The van der Waals surface area contributed by atoms with Crippen molar-refractivity contribution in [2.24, 2.45) is 0 Å². The minimum absolute atomic E-state index is 0.125. The SMILES string of the molecule is O=C(COC(=O)CCCOc1cccc(Br)c1)NC(=O)c1cccs1. The van der Waals surface area contributed by atoms with Gasteiger partial charge in [-0.25, -0.2) is 0 Å². The van der Waals surface area contributed by atoms with Gasteiger partial charge in [-0.1, -0.05) is 28.1 Å². The summed E-state index contributed by atoms with van der Waals surface area (Å²) < 4.78 is 11.2. The number of amides is 2. The van der Waals surface area contributed by atoms with Crippen LogP contribution in [0.3, 0.4) is 0 Å². The van der Waals surface area contributed by atoms with E-state index in [9.17, 15) is 14.4 Å². The summed E-state index contributed by atoms with van der Waals surface area (Å²) in [7, 11) is 0. The number of hydrogen-bond acceptors (Lipinski definition) is 6. The molecule has 132 valence electrons. The van der Waals surface area contributed by atoms with E-state index in [1.807, 2.05) is 24.3 Å². The lowest BCUT2D eigenvalue weighted by Gasteiger charge is -2.07. The number of esters is 1. The zero-order chi connectivity index (χ0) is 18.1. The van der Waals surface area contributed by atoms with E-state index in [1.165, 1.54) is 11.3 Å². The summed E-state index contributed by atoms with van der Waals surface area (Å²) in [6.07, 6.45) is 0.585. The zero-order valence-corrected chi connectivity index (χ0v) is 15.6. The Morgan fingerprint density at radius 2 is 2.00 bits per heavy atom. The van der Waals surface area contributed by atoms with E-state index in [1.54, 1.807) is 17.5 Å². The standard InChI is InChI=1S/C17H16BrNO5S/c18-12-4-1-5-13(10-12)23-8-2-7-16(21)24-11-15(20)19-17(22)14-6-3-9-25-14/h1,3-6,9-10H,2,7-8,11H2,(H,19,20,22). The number of ether oxygens (including phenoxy) is 2. The van der Waals surface area contributed by atoms with Crippen LogP contribution in [0.15, 0.2) is 46.3 Å². The second-order valence-corrected chi connectivity index (χ2v) is 6.79. The number of carbonyl (C=O) groups is 3. The van der Waals surface area contributed by atoms with E-state index in [-0.39, 0.29) is 6.42 Å². The lowest BCUT2D eigenvalue weighted by molar-refractivity contribution is -0.148. The summed E-state index contributed by atoms with van der Waals surface area (Å²) in [6, 6.07) is 10.7. The molecule has 0 bridgehead atoms. The van der Waals surface area contributed by atoms with Gasteiger partial charge in [0, 0.05) is 10.9 Å². The Balaban J connectivity index is 1.59. The van der Waals surface area contributed by atoms with E-state index in [2.05, 4.69) is 21.2 Å². The minimum Gasteiger partial charge on any atom is -0.494 e. The number of imide groups is 1. The third-order valence-electron chi connectivity index (χ3n) is 2.95. The molecule has 1 heterocycles. The number of hydrogen-bond donors (Lipinski definition) is 1. The molecule has 0 aliphatic carbocycles. The molecule has 0 atom stereocenters. The minimum atomic E-state index is -0.655. The second-order valence-electron chi connectivity index (χ2n) is 4.92. The molecule has 0 spiro atoms. The second kappa shape index (κ2) is 9.95. The molecule has 1 aromatic heterocycles. The average Bonchev–Trinajstić information content (AvgIpc) is 3.12. The number of benzene rings is 1. The van der Waals surface area contributed by atoms with Crippen LogP contribution in [0.4, 0.5) is 0 Å². The van der Waals surface area contributed by atoms with Gasteiger partial charge < -0.3 is 9.47 Å². The van der Waals surface area contributed by atoms with Gasteiger partial charge in [-0.2, -0.15) is 0 Å². The van der Waals surface area contributed by atoms with Crippen LogP contribution in [0.2, 0.25) is 0 Å². The third-order valence-corrected chi connectivity index (χ3v) is 4.31. The molecule has 1 aromatic carbocycles. The highest BCUT2D eigenvalue weighted by Crippen LogP contribution is 2.17. The van der Waals surface area contributed by atoms with Crippen LogP contribution in [0.5, 0.6) is 5.75 Å². The molecule has 0 saturated carbocycles. The molecular weight excluding hydrogens is 410 g/mol. The molecule has 6 nitrogen and oxygen atoms in total. The van der Waals surface area contributed by atoms with Crippen molar-refractivity contribution >= 4 is 45.1 Å². The van der Waals surface area contributed by atoms with Crippen LogP contribution in [0.25, 0.3) is 0 Å². The van der Waals surface area contributed by atoms with E-state index >= 15 is 0 Å². The van der Waals surface area contributed by atoms with Gasteiger partial charge in [-0.05, 0) is 36.1 Å². The van der Waals surface area contributed by atoms with Crippen molar-refractivity contribution in [3.05, 3.63) is 51.1 Å². The van der Waals surface area contributed by atoms with Crippen LogP contribution >= 0.6 is 27.3 Å². The summed E-state index contributed by atoms with van der Waals surface area (Å²) in [5.41, 5.74) is 0. The van der Waals surface area contributed by atoms with Gasteiger partial charge in [0.15, 0.2) is 6.61 Å². The Hall–Kier alpha value is -2.19. The quantitative estimate of drug-likeness (QED) is 0.518. The van der Waals surface area contributed by atoms with E-state index in [0.717, 1.165) is 4.47 Å². The Bertz CT molecular complexity index is 732. The predicted octanol–water partition coefficient (Wildman–Crippen LogP) is 3.17. The summed E-state index contributed by atoms with van der Waals surface area (Å²) in [4.78, 5) is 35.2. The van der Waals surface area contributed by atoms with Crippen LogP contribution in [0.1, 0.15) is 22.5 Å². The summed E-state index contributed by atoms with van der Waals surface area (Å²) in [5.74, 6) is -0.971. The fourth-order valence-electron chi connectivity index (χ4n) is 1.81. The van der Waals surface area contributed by atoms with Crippen LogP contribution in [-0.4, -0.2) is 31.0 Å². The lowest BCUT2D eigenvalue weighted by atomic mass is 10.3. The van der Waals surface area contributed by atoms with Crippen LogP contribution in [-0.2, 0) is 14.3 Å². The van der Waals surface area contributed by atoms with Crippen LogP contribution in [0, 0.1) is 0 Å². The van der Waals surface area contributed by atoms with Gasteiger partial charge in [-0.3, -0.25) is 19.7 Å². The Morgan fingerprint density at radius 1 is 1.16 bits per heavy atom. The first-order valence-corrected chi connectivity index (χ1v) is 9.13. The highest BCUT2D eigenvalue weighted by molar-refractivity contribution is 9.10. The van der Waals surface area contributed by atoms with Crippen molar-refractivity contribution in [2.75, 3.05) is 13.2 Å². The molecule has 8 heteroatoms. The molecular formula is C17H16BrNO5S. The summed E-state index contributed by atoms with van der Waals surface area (Å²) in [6.45, 7) is -0.128. The van der Waals surface area contributed by atoms with Gasteiger partial charge in [0.1, 0.15) is 5.75 Å². The molecule has 0 fully saturated rings. The highest BCUT2D eigenvalue weighted by atomic mass is 79.9. The number of rotatable bonds is 8. The molecule has 25 heavy (non-hydrogen) atoms. The molecule has 0 saturated heterocycles. The number of carbonyl (C=O) groups excluding carboxylic acids is 3. The Labute approximate surface area is 157 Å². The topological polar surface area (TPSA) is 81.7 Å². The molecule has 0 radical (unpaired) electrons. The maximum atomic E-state index is 11.6. The van der Waals surface area contributed by atoms with E-state index in [0.29, 0.717) is 23.7 Å². The van der Waals surface area contributed by atoms with Gasteiger partial charge >= 0.3 is 5.97 Å². The van der Waals surface area contributed by atoms with E-state index < -0.39 is 24.4 Å². The molecule has 2 aromatic rings. The first kappa shape index (κ1) is 19.1. The maximum absolute atomic E-state index is 11.6. The summed E-state index contributed by atoms with van der Waals surface area (Å²) >= 11 is 4.56. The lowest BCUT2D eigenvalue weighted by Crippen LogP contribution is -2.33. The van der Waals surface area contributed by atoms with E-state index in [4.69, 9.17) is 9.47 Å². The highest BCUT2D eigenvalue weighted by Gasteiger charge is 2.13. The van der Waals surface area contributed by atoms with Crippen molar-refractivity contribution in [1.82, 2.24) is 5.32 Å². The van der Waals surface area contributed by atoms with Crippen molar-refractivity contribution in [1.29, 1.82) is 0 Å². The Kier molecular flexibility index (Phi) is 7.62. The molecule has 1 N–H and O–H groups in total. The van der Waals surface area contributed by atoms with Crippen molar-refractivity contribution in [3.8, 4) is 5.75 Å². The molecule has 0 aliphatic heterocycles. The number of thiophene rings is 1. The maximum Gasteiger partial charge on any atom is 0.306 e. The van der Waals surface area contributed by atoms with Crippen LogP contribution < -0.4 is 10.1 Å². The number of nitrogens with one attached hydrogen (secondary N) is 1. The van der Waals surface area contributed by atoms with Crippen molar-refractivity contribution in [2.45, 2.75) is 12.8 Å². The third kappa shape index (κ3) is 7.06. The molecule has 0 unspecified atom stereocenters. The fraction of sp³-hybridized carbons (Fsp3) is 0.235. The number of halogens is 1. The van der Waals surface area contributed by atoms with Crippen molar-refractivity contribution in [3.63, 3.8) is 0 Å². The van der Waals surface area contributed by atoms with Crippen molar-refractivity contribution < 1.29 is 23.9 Å². The van der Waals surface area contributed by atoms with Gasteiger partial charge in [-0.15, -0.1) is 11.3 Å². The largest absolute Gasteiger partial charge is 0.494 e. The van der Waals surface area contributed by atoms with Gasteiger partial charge in [0.25, 0.3) is 11.8 Å². The summed E-state index contributed by atoms with van der Waals surface area (Å²) in [5, 5.41) is 3.89. The predicted molar refractivity (Wildman–Crippen MR) is 96.6 cm³/mol. The first-order valence-electron chi connectivity index (χ1n) is 7.46. The molecule has 0 aliphatic rings. The Morgan fingerprint density at radius 3 is 2.72 bits per heavy atom. The smallest absolute Gasteiger partial charge is 0.306 e. The molecule has 2 amide bonds. The normalized spacial score (nSPS) is 10.1. The monoisotopic (exact) mass is 425 g/mol. The van der Waals surface area contributed by atoms with Gasteiger partial charge in [0.2, 0.25) is 0 Å². The zero-order valence-electron chi connectivity index (χ0n) is 13.2.